The number of anilines is 1. The lowest BCUT2D eigenvalue weighted by Gasteiger charge is -2.14. The summed E-state index contributed by atoms with van der Waals surface area (Å²) in [7, 11) is -0.462. The van der Waals surface area contributed by atoms with Crippen molar-refractivity contribution < 1.29 is 8.42 Å². The maximum Gasteiger partial charge on any atom is 0.248 e. The molecule has 0 atom stereocenters. The van der Waals surface area contributed by atoms with Gasteiger partial charge >= 0.3 is 0 Å². The van der Waals surface area contributed by atoms with Crippen LogP contribution in [0.5, 0.6) is 0 Å². The van der Waals surface area contributed by atoms with Gasteiger partial charge in [-0.15, -0.1) is 6.58 Å². The molecule has 16 heavy (non-hydrogen) atoms. The van der Waals surface area contributed by atoms with Gasteiger partial charge in [-0.3, -0.25) is 4.68 Å². The summed E-state index contributed by atoms with van der Waals surface area (Å²) < 4.78 is 26.9. The van der Waals surface area contributed by atoms with E-state index < -0.39 is 10.0 Å². The highest BCUT2D eigenvalue weighted by molar-refractivity contribution is 7.89. The van der Waals surface area contributed by atoms with E-state index in [1.165, 1.54) is 22.1 Å². The number of likely N-dealkylation sites (N-methyl/N-ethyl adjacent to an activating group) is 1. The highest BCUT2D eigenvalue weighted by Crippen LogP contribution is 2.23. The normalized spacial score (nSPS) is 12.0. The molecular weight excluding hydrogens is 228 g/mol. The van der Waals surface area contributed by atoms with E-state index in [-0.39, 0.29) is 17.3 Å². The Morgan fingerprint density at radius 3 is 2.56 bits per heavy atom. The summed E-state index contributed by atoms with van der Waals surface area (Å²) in [4.78, 5) is 0.0688. The van der Waals surface area contributed by atoms with Crippen molar-refractivity contribution in [2.75, 3.05) is 19.3 Å². The Morgan fingerprint density at radius 1 is 1.62 bits per heavy atom. The average molecular weight is 244 g/mol. The van der Waals surface area contributed by atoms with E-state index in [9.17, 15) is 8.42 Å². The third-order valence-electron chi connectivity index (χ3n) is 2.36. The van der Waals surface area contributed by atoms with E-state index in [1.54, 1.807) is 14.0 Å². The van der Waals surface area contributed by atoms with Gasteiger partial charge in [0.05, 0.1) is 5.69 Å². The molecule has 0 aliphatic rings. The van der Waals surface area contributed by atoms with Crippen LogP contribution in [-0.2, 0) is 17.1 Å². The number of aromatic nitrogens is 2. The van der Waals surface area contributed by atoms with Gasteiger partial charge in [0, 0.05) is 20.6 Å². The Balaban J connectivity index is 3.32. The number of aryl methyl sites for hydroxylation is 1. The van der Waals surface area contributed by atoms with Crippen LogP contribution in [0.15, 0.2) is 17.6 Å². The van der Waals surface area contributed by atoms with Crippen molar-refractivity contribution in [3.8, 4) is 0 Å². The fraction of sp³-hybridized carbons (Fsp3) is 0.444. The molecule has 0 aromatic carbocycles. The van der Waals surface area contributed by atoms with Crippen molar-refractivity contribution >= 4 is 15.8 Å². The monoisotopic (exact) mass is 244 g/mol. The molecule has 0 spiro atoms. The molecule has 0 radical (unpaired) electrons. The molecule has 0 unspecified atom stereocenters. The van der Waals surface area contributed by atoms with Crippen molar-refractivity contribution in [3.05, 3.63) is 18.3 Å². The predicted molar refractivity (Wildman–Crippen MR) is 62.4 cm³/mol. The smallest absolute Gasteiger partial charge is 0.248 e. The number of nitrogens with zero attached hydrogens (tertiary/aromatic N) is 3. The van der Waals surface area contributed by atoms with Crippen molar-refractivity contribution in [1.29, 1.82) is 0 Å². The SMILES string of the molecule is C=CCN(C)S(=O)(=O)c1c(N)nn(C)c1C. The largest absolute Gasteiger partial charge is 0.381 e. The molecular formula is C9H16N4O2S. The minimum Gasteiger partial charge on any atom is -0.381 e. The van der Waals surface area contributed by atoms with Crippen LogP contribution in [0.2, 0.25) is 0 Å². The fourth-order valence-electron chi connectivity index (χ4n) is 1.37. The van der Waals surface area contributed by atoms with Gasteiger partial charge in [-0.05, 0) is 6.92 Å². The molecule has 90 valence electrons. The molecule has 1 aromatic rings. The summed E-state index contributed by atoms with van der Waals surface area (Å²) >= 11 is 0. The van der Waals surface area contributed by atoms with Crippen molar-refractivity contribution in [3.63, 3.8) is 0 Å². The lowest BCUT2D eigenvalue weighted by Crippen LogP contribution is -2.28. The minimum absolute atomic E-state index is 0.0240. The molecule has 2 N–H and O–H groups in total. The summed E-state index contributed by atoms with van der Waals surface area (Å²) in [5, 5.41) is 3.88. The van der Waals surface area contributed by atoms with Gasteiger partial charge in [0.2, 0.25) is 10.0 Å². The lowest BCUT2D eigenvalue weighted by atomic mass is 10.5. The second-order valence-corrected chi connectivity index (χ2v) is 5.48. The van der Waals surface area contributed by atoms with Gasteiger partial charge in [-0.1, -0.05) is 6.08 Å². The molecule has 1 heterocycles. The zero-order valence-electron chi connectivity index (χ0n) is 9.64. The van der Waals surface area contributed by atoms with E-state index in [1.807, 2.05) is 0 Å². The number of hydrogen-bond acceptors (Lipinski definition) is 4. The van der Waals surface area contributed by atoms with Gasteiger partial charge in [0.15, 0.2) is 5.82 Å². The highest BCUT2D eigenvalue weighted by Gasteiger charge is 2.27. The Hall–Kier alpha value is -1.34. The number of rotatable bonds is 4. The zero-order chi connectivity index (χ0) is 12.5. The number of nitrogen functional groups attached to an aromatic ring is 1. The van der Waals surface area contributed by atoms with Crippen LogP contribution < -0.4 is 5.73 Å². The summed E-state index contributed by atoms with van der Waals surface area (Å²) in [5.74, 6) is 0.0240. The molecule has 0 saturated heterocycles. The van der Waals surface area contributed by atoms with Crippen LogP contribution in [0.1, 0.15) is 5.69 Å². The predicted octanol–water partition coefficient (Wildman–Crippen LogP) is 0.117. The van der Waals surface area contributed by atoms with Crippen LogP contribution >= 0.6 is 0 Å². The molecule has 0 saturated carbocycles. The van der Waals surface area contributed by atoms with Crippen LogP contribution in [0.3, 0.4) is 0 Å². The number of nitrogens with two attached hydrogens (primary N) is 1. The van der Waals surface area contributed by atoms with Gasteiger partial charge < -0.3 is 5.73 Å². The molecule has 0 amide bonds. The minimum atomic E-state index is -3.59. The molecule has 1 aromatic heterocycles. The second kappa shape index (κ2) is 4.26. The lowest BCUT2D eigenvalue weighted by molar-refractivity contribution is 0.499. The molecule has 0 aliphatic heterocycles. The summed E-state index contributed by atoms with van der Waals surface area (Å²) in [6.07, 6.45) is 1.51. The first-order chi connectivity index (χ1) is 7.32. The molecule has 0 fully saturated rings. The number of sulfonamides is 1. The van der Waals surface area contributed by atoms with E-state index in [4.69, 9.17) is 5.73 Å². The first-order valence-electron chi connectivity index (χ1n) is 4.68. The van der Waals surface area contributed by atoms with Crippen molar-refractivity contribution in [1.82, 2.24) is 14.1 Å². The average Bonchev–Trinajstić information content (AvgIpc) is 2.41. The highest BCUT2D eigenvalue weighted by atomic mass is 32.2. The molecule has 1 rings (SSSR count). The topological polar surface area (TPSA) is 81.2 Å². The quantitative estimate of drug-likeness (QED) is 0.763. The van der Waals surface area contributed by atoms with Crippen molar-refractivity contribution in [2.45, 2.75) is 11.8 Å². The van der Waals surface area contributed by atoms with E-state index in [0.717, 1.165) is 0 Å². The third kappa shape index (κ3) is 1.96. The van der Waals surface area contributed by atoms with E-state index in [2.05, 4.69) is 11.7 Å². The fourth-order valence-corrected chi connectivity index (χ4v) is 2.79. The van der Waals surface area contributed by atoms with Crippen LogP contribution in [0.25, 0.3) is 0 Å². The standard InChI is InChI=1S/C9H16N4O2S/c1-5-6-12(3)16(14,15)8-7(2)13(4)11-9(8)10/h5H,1,6H2,2-4H3,(H2,10,11). The van der Waals surface area contributed by atoms with E-state index >= 15 is 0 Å². The number of hydrogen-bond donors (Lipinski definition) is 1. The summed E-state index contributed by atoms with van der Waals surface area (Å²) in [6, 6.07) is 0. The Kier molecular flexibility index (Phi) is 3.39. The first-order valence-corrected chi connectivity index (χ1v) is 6.12. The maximum atomic E-state index is 12.1. The summed E-state index contributed by atoms with van der Waals surface area (Å²) in [5.41, 5.74) is 6.12. The zero-order valence-corrected chi connectivity index (χ0v) is 10.5. The third-order valence-corrected chi connectivity index (χ3v) is 4.35. The Bertz CT molecular complexity index is 504. The summed E-state index contributed by atoms with van der Waals surface area (Å²) in [6.45, 7) is 5.40. The Morgan fingerprint density at radius 2 is 2.19 bits per heavy atom. The second-order valence-electron chi connectivity index (χ2n) is 3.50. The first kappa shape index (κ1) is 12.7. The van der Waals surface area contributed by atoms with Crippen molar-refractivity contribution in [2.24, 2.45) is 7.05 Å². The molecule has 7 heteroatoms. The van der Waals surface area contributed by atoms with Crippen LogP contribution in [0, 0.1) is 6.92 Å². The Labute approximate surface area is 95.4 Å². The van der Waals surface area contributed by atoms with Crippen LogP contribution in [-0.4, -0.2) is 36.1 Å². The van der Waals surface area contributed by atoms with Gasteiger partial charge in [-0.25, -0.2) is 8.42 Å². The van der Waals surface area contributed by atoms with E-state index in [0.29, 0.717) is 5.69 Å². The van der Waals surface area contributed by atoms with Gasteiger partial charge in [-0.2, -0.15) is 9.40 Å². The molecule has 0 bridgehead atoms. The van der Waals surface area contributed by atoms with Crippen LogP contribution in [0.4, 0.5) is 5.82 Å². The molecule has 0 aliphatic carbocycles. The molecule has 6 nitrogen and oxygen atoms in total. The maximum absolute atomic E-state index is 12.1. The van der Waals surface area contributed by atoms with Gasteiger partial charge in [0.25, 0.3) is 0 Å². The van der Waals surface area contributed by atoms with Gasteiger partial charge in [0.1, 0.15) is 4.90 Å².